The third kappa shape index (κ3) is 12.6. The third-order valence-corrected chi connectivity index (χ3v) is 31.5. The van der Waals surface area contributed by atoms with E-state index in [2.05, 4.69) is 528 Å². The molecule has 28 aromatic rings. The Labute approximate surface area is 814 Å². The van der Waals surface area contributed by atoms with E-state index in [0.717, 1.165) is 0 Å². The second-order valence-electron chi connectivity index (χ2n) is 38.6. The second kappa shape index (κ2) is 31.9. The van der Waals surface area contributed by atoms with Crippen LogP contribution in [0.25, 0.3) is 241 Å². The monoisotopic (exact) mass is 1810 g/mol. The molecule has 7 heteroatoms. The molecule has 0 radical (unpaired) electrons. The lowest BCUT2D eigenvalue weighted by atomic mass is 9.82. The van der Waals surface area contributed by atoms with Crippen molar-refractivity contribution in [1.82, 2.24) is 27.4 Å². The molecule has 30 rings (SSSR count). The smallest absolute Gasteiger partial charge is 0.0555 e. The van der Waals surface area contributed by atoms with E-state index in [1.165, 1.54) is 263 Å². The Kier molecular flexibility index (Phi) is 18.7. The predicted octanol–water partition coefficient (Wildman–Crippen LogP) is 36.3. The molecule has 0 saturated carbocycles. The summed E-state index contributed by atoms with van der Waals surface area (Å²) in [5.74, 6) is 0. The van der Waals surface area contributed by atoms with Crippen LogP contribution in [0.2, 0.25) is 0 Å². The predicted molar refractivity (Wildman–Crippen MR) is 596 cm³/mol. The van der Waals surface area contributed by atoms with E-state index in [1.54, 1.807) is 0 Å². The van der Waals surface area contributed by atoms with Gasteiger partial charge in [-0.2, -0.15) is 0 Å². The van der Waals surface area contributed by atoms with Crippen LogP contribution in [0.3, 0.4) is 0 Å². The molecule has 0 atom stereocenters. The molecular weight excluding hydrogens is 1710 g/mol. The summed E-state index contributed by atoms with van der Waals surface area (Å²) in [6.45, 7) is 9.47. The molecule has 21 aromatic carbocycles. The standard InChI is InChI=1S/C51H36N2.C45H32N2.C36H22N2S.CH4/c1-51(2)45-20-9-6-17-39(45)42-31-44-43-30-36(34-23-26-37(27-24-34)52-47-21-10-7-18-40(47)41-19-8-11-22-48(41)52)25-28-49(43)53(50(44)32-46(42)51)38-16-12-15-35(29-38)33-13-4-3-5-14-33;1-45(2)39-17-9-6-14-33(39)36-27-38-37-26-32(47-41-18-10-7-15-34(41)35-16-8-11-19-42(35)47)24-25-43(37)46(44(38)28-40(36)45)31-22-20-30(21-23-31)29-12-4-3-5-13-29;1-2-10-23(11-3-1)37-33-19-18-24(38-31-15-7-4-12-25(31)26-13-5-8-16-32(26)38)20-28(33)29-21-30-27-14-6-9-17-35(27)39-36(30)22-34(29)37;/h3-32H,1-2H3;3-28H,1-2H3;1-22H;1H4. The summed E-state index contributed by atoms with van der Waals surface area (Å²) in [7, 11) is 0. The first-order chi connectivity index (χ1) is 68.5. The second-order valence-corrected chi connectivity index (χ2v) is 39.7. The number of hydrogen-bond donors (Lipinski definition) is 0. The van der Waals surface area contributed by atoms with Gasteiger partial charge in [-0.1, -0.05) is 332 Å². The Morgan fingerprint density at radius 1 is 0.150 bits per heavy atom. The molecule has 0 fully saturated rings. The molecule has 7 heterocycles. The van der Waals surface area contributed by atoms with E-state index in [9.17, 15) is 0 Å². The van der Waals surface area contributed by atoms with Crippen LogP contribution in [0, 0.1) is 0 Å². The van der Waals surface area contributed by atoms with Gasteiger partial charge in [0.05, 0.1) is 66.2 Å². The Bertz CT molecular complexity index is 9780. The fraction of sp³-hybridized carbons (Fsp3) is 0.0526. The Balaban J connectivity index is 0.000000106. The molecule has 0 amide bonds. The fourth-order valence-corrected chi connectivity index (χ4v) is 24.9. The van der Waals surface area contributed by atoms with Crippen molar-refractivity contribution in [2.75, 3.05) is 0 Å². The van der Waals surface area contributed by atoms with Crippen molar-refractivity contribution in [2.45, 2.75) is 46.0 Å². The first kappa shape index (κ1) is 82.1. The van der Waals surface area contributed by atoms with Gasteiger partial charge in [0.25, 0.3) is 0 Å². The van der Waals surface area contributed by atoms with E-state index in [1.807, 2.05) is 11.3 Å². The van der Waals surface area contributed by atoms with Crippen LogP contribution in [0.4, 0.5) is 0 Å². The molecule has 0 spiro atoms. The maximum atomic E-state index is 2.48. The highest BCUT2D eigenvalue weighted by Gasteiger charge is 2.39. The Hall–Kier alpha value is -17.4. The topological polar surface area (TPSA) is 29.6 Å². The molecule has 7 aromatic heterocycles. The quantitative estimate of drug-likeness (QED) is 0.138. The summed E-state index contributed by atoms with van der Waals surface area (Å²) in [4.78, 5) is 0. The van der Waals surface area contributed by atoms with Crippen LogP contribution in [-0.4, -0.2) is 27.4 Å². The van der Waals surface area contributed by atoms with Crippen molar-refractivity contribution in [2.24, 2.45) is 0 Å². The van der Waals surface area contributed by atoms with Gasteiger partial charge in [-0.3, -0.25) is 0 Å². The normalized spacial score (nSPS) is 12.9. The van der Waals surface area contributed by atoms with Gasteiger partial charge in [0, 0.05) is 130 Å². The lowest BCUT2D eigenvalue weighted by Crippen LogP contribution is -2.14. The van der Waals surface area contributed by atoms with Crippen molar-refractivity contribution in [3.05, 3.63) is 495 Å². The fourth-order valence-electron chi connectivity index (χ4n) is 23.8. The highest BCUT2D eigenvalue weighted by molar-refractivity contribution is 7.25. The van der Waals surface area contributed by atoms with E-state index in [0.29, 0.717) is 0 Å². The number of rotatable bonds is 9. The number of nitrogens with zero attached hydrogens (tertiary/aromatic N) is 6. The maximum Gasteiger partial charge on any atom is 0.0555 e. The number of thiophene rings is 1. The maximum absolute atomic E-state index is 2.48. The summed E-state index contributed by atoms with van der Waals surface area (Å²) in [5, 5.41) is 18.0. The molecule has 0 aliphatic heterocycles. The molecule has 0 bridgehead atoms. The van der Waals surface area contributed by atoms with Gasteiger partial charge < -0.3 is 27.4 Å². The summed E-state index contributed by atoms with van der Waals surface area (Å²) in [6, 6.07) is 174. The zero-order valence-electron chi connectivity index (χ0n) is 77.1. The zero-order valence-corrected chi connectivity index (χ0v) is 77.9. The van der Waals surface area contributed by atoms with E-state index in [4.69, 9.17) is 0 Å². The minimum Gasteiger partial charge on any atom is -0.309 e. The molecule has 2 aliphatic rings. The van der Waals surface area contributed by atoms with Crippen LogP contribution in [-0.2, 0) is 10.8 Å². The largest absolute Gasteiger partial charge is 0.309 e. The third-order valence-electron chi connectivity index (χ3n) is 30.3. The number of hydrogen-bond acceptors (Lipinski definition) is 1. The first-order valence-corrected chi connectivity index (χ1v) is 49.1. The number of benzene rings is 21. The van der Waals surface area contributed by atoms with E-state index in [-0.39, 0.29) is 18.3 Å². The van der Waals surface area contributed by atoms with Gasteiger partial charge in [0.1, 0.15) is 0 Å². The average Bonchev–Trinajstić information content (AvgIpc) is 1.55. The molecule has 6 nitrogen and oxygen atoms in total. The van der Waals surface area contributed by atoms with Crippen LogP contribution < -0.4 is 0 Å². The highest BCUT2D eigenvalue weighted by atomic mass is 32.1. The molecule has 0 unspecified atom stereocenters. The number of aromatic nitrogens is 6. The van der Waals surface area contributed by atoms with Gasteiger partial charge in [-0.15, -0.1) is 11.3 Å². The molecular formula is C133H94N6S. The molecule has 0 N–H and O–H groups in total. The number of para-hydroxylation sites is 7. The minimum atomic E-state index is -0.0867. The number of fused-ring (bicyclic) bond motifs is 27. The lowest BCUT2D eigenvalue weighted by Gasteiger charge is -2.21. The summed E-state index contributed by atoms with van der Waals surface area (Å²) < 4.78 is 17.2. The Morgan fingerprint density at radius 3 is 0.893 bits per heavy atom. The van der Waals surface area contributed by atoms with Crippen molar-refractivity contribution in [3.63, 3.8) is 0 Å². The molecule has 662 valence electrons. The van der Waals surface area contributed by atoms with Gasteiger partial charge >= 0.3 is 0 Å². The van der Waals surface area contributed by atoms with Crippen LogP contribution in [0.1, 0.15) is 57.4 Å². The first-order valence-electron chi connectivity index (χ1n) is 48.3. The Morgan fingerprint density at radius 2 is 0.429 bits per heavy atom. The van der Waals surface area contributed by atoms with Crippen molar-refractivity contribution in [1.29, 1.82) is 0 Å². The highest BCUT2D eigenvalue weighted by Crippen LogP contribution is 2.55. The van der Waals surface area contributed by atoms with Crippen LogP contribution in [0.5, 0.6) is 0 Å². The summed E-state index contributed by atoms with van der Waals surface area (Å²) in [6.07, 6.45) is 0. The van der Waals surface area contributed by atoms with E-state index >= 15 is 0 Å². The SMILES string of the molecule is C.CC1(C)c2ccccc2-c2cc3c4cc(-c5ccc(-n6c7ccccc7c7ccccc76)cc5)ccc4n(-c4cccc(-c5ccccc5)c4)c3cc21.CC1(C)c2ccccc2-c2cc3c4cc(-n5c6ccccc6c6ccccc65)ccc4n(-c4ccc(-c5ccccc5)cc4)c3cc21.c1ccc(-n2c3ccc(-n4c5ccccc5c5ccccc54)cc3c3cc4c(cc32)sc2ccccc24)cc1. The van der Waals surface area contributed by atoms with Crippen molar-refractivity contribution < 1.29 is 0 Å². The van der Waals surface area contributed by atoms with E-state index < -0.39 is 0 Å². The lowest BCUT2D eigenvalue weighted by molar-refractivity contribution is 0.661. The average molecular weight is 1810 g/mol. The minimum absolute atomic E-state index is 0. The van der Waals surface area contributed by atoms with Gasteiger partial charge in [0.15, 0.2) is 0 Å². The summed E-state index contributed by atoms with van der Waals surface area (Å²) in [5.41, 5.74) is 39.9. The molecule has 2 aliphatic carbocycles. The van der Waals surface area contributed by atoms with Crippen LogP contribution >= 0.6 is 11.3 Å². The van der Waals surface area contributed by atoms with Gasteiger partial charge in [-0.25, -0.2) is 0 Å². The molecule has 0 saturated heterocycles. The van der Waals surface area contributed by atoms with Gasteiger partial charge in [-0.05, 0) is 254 Å². The molecule has 140 heavy (non-hydrogen) atoms. The zero-order chi connectivity index (χ0) is 92.0. The van der Waals surface area contributed by atoms with Crippen molar-refractivity contribution >= 4 is 162 Å². The van der Waals surface area contributed by atoms with Gasteiger partial charge in [0.2, 0.25) is 0 Å². The van der Waals surface area contributed by atoms with Crippen molar-refractivity contribution in [3.8, 4) is 89.8 Å². The van der Waals surface area contributed by atoms with Crippen LogP contribution in [0.15, 0.2) is 473 Å². The summed E-state index contributed by atoms with van der Waals surface area (Å²) >= 11 is 1.88.